The quantitative estimate of drug-likeness (QED) is 0.582. The number of benzene rings is 1. The third kappa shape index (κ3) is 4.18. The Morgan fingerprint density at radius 3 is 2.68 bits per heavy atom. The summed E-state index contributed by atoms with van der Waals surface area (Å²) in [5, 5.41) is 12.0. The summed E-state index contributed by atoms with van der Waals surface area (Å²) in [6.07, 6.45) is 4.41. The molecule has 1 aliphatic carbocycles. The molecule has 1 fully saturated rings. The lowest BCUT2D eigenvalue weighted by atomic mass is 9.66. The number of fused-ring (bicyclic) bond motifs is 1. The Hall–Kier alpha value is -2.10. The van der Waals surface area contributed by atoms with Crippen LogP contribution in [0.2, 0.25) is 0 Å². The Balaban J connectivity index is 1.60. The number of anilines is 1. The second-order valence-electron chi connectivity index (χ2n) is 9.57. The van der Waals surface area contributed by atoms with Crippen molar-refractivity contribution in [3.8, 4) is 0 Å². The van der Waals surface area contributed by atoms with Gasteiger partial charge in [-0.2, -0.15) is 0 Å². The number of halogens is 1. The average molecular weight is 536 g/mol. The number of rotatable bonds is 4. The fourth-order valence-corrected chi connectivity index (χ4v) is 6.02. The molecule has 1 saturated heterocycles. The third-order valence-corrected chi connectivity index (χ3v) is 7.76. The minimum atomic E-state index is -0.981. The molecule has 4 rings (SSSR count). The van der Waals surface area contributed by atoms with Crippen LogP contribution in [0.4, 0.5) is 10.7 Å². The Bertz CT molecular complexity index is 1060. The van der Waals surface area contributed by atoms with E-state index in [2.05, 4.69) is 39.5 Å². The summed E-state index contributed by atoms with van der Waals surface area (Å²) in [5.74, 6) is 1.02. The molecular formula is C23H29IN4O3. The summed E-state index contributed by atoms with van der Waals surface area (Å²) in [6, 6.07) is 8.60. The fourth-order valence-electron chi connectivity index (χ4n) is 5.52. The molecule has 2 aromatic rings. The molecule has 1 aliphatic heterocycles. The number of carboxylic acid groups (broad SMARTS) is 1. The number of nitrogens with zero attached hydrogens (tertiary/aromatic N) is 3. The van der Waals surface area contributed by atoms with Gasteiger partial charge < -0.3 is 15.3 Å². The summed E-state index contributed by atoms with van der Waals surface area (Å²) in [7, 11) is 1.78. The number of hydrogen-bond donors (Lipinski definition) is 2. The summed E-state index contributed by atoms with van der Waals surface area (Å²) >= 11 is 2.02. The third-order valence-electron chi connectivity index (χ3n) is 7.02. The highest BCUT2D eigenvalue weighted by molar-refractivity contribution is 14.1. The summed E-state index contributed by atoms with van der Waals surface area (Å²) < 4.78 is 2.26. The van der Waals surface area contributed by atoms with Crippen molar-refractivity contribution >= 4 is 34.6 Å². The Morgan fingerprint density at radius 1 is 1.32 bits per heavy atom. The van der Waals surface area contributed by atoms with Crippen molar-refractivity contribution in [2.75, 3.05) is 18.0 Å². The van der Waals surface area contributed by atoms with Crippen LogP contribution in [0.15, 0.2) is 35.3 Å². The fraction of sp³-hybridized carbons (Fsp3) is 0.522. The van der Waals surface area contributed by atoms with Gasteiger partial charge >= 0.3 is 6.09 Å². The average Bonchev–Trinajstić information content (AvgIpc) is 2.99. The molecular weight excluding hydrogens is 507 g/mol. The first-order valence-corrected chi connectivity index (χ1v) is 11.8. The van der Waals surface area contributed by atoms with Gasteiger partial charge in [0.1, 0.15) is 0 Å². The molecule has 0 bridgehead atoms. The van der Waals surface area contributed by atoms with Crippen molar-refractivity contribution < 1.29 is 9.90 Å². The van der Waals surface area contributed by atoms with Crippen molar-refractivity contribution in [3.63, 3.8) is 0 Å². The van der Waals surface area contributed by atoms with E-state index in [1.165, 1.54) is 11.1 Å². The van der Waals surface area contributed by atoms with Crippen molar-refractivity contribution in [1.82, 2.24) is 14.9 Å². The SMILES string of the molecule is Cn1c(N2CCC3(CC2)Cc2ccccc2[C@H]3CC(C)(C)NC(=O)O)ncc(I)c1=O. The molecule has 1 spiro atoms. The maximum absolute atomic E-state index is 12.4. The normalized spacial score (nSPS) is 20.0. The van der Waals surface area contributed by atoms with Crippen LogP contribution in [-0.4, -0.2) is 39.4 Å². The highest BCUT2D eigenvalue weighted by atomic mass is 127. The Kier molecular flexibility index (Phi) is 5.78. The summed E-state index contributed by atoms with van der Waals surface area (Å²) in [6.45, 7) is 5.60. The first-order chi connectivity index (χ1) is 14.6. The molecule has 2 aliphatic rings. The topological polar surface area (TPSA) is 87.5 Å². The number of hydrogen-bond acceptors (Lipinski definition) is 4. The predicted molar refractivity (Wildman–Crippen MR) is 129 cm³/mol. The van der Waals surface area contributed by atoms with E-state index >= 15 is 0 Å². The minimum Gasteiger partial charge on any atom is -0.465 e. The van der Waals surface area contributed by atoms with Gasteiger partial charge in [0, 0.05) is 31.9 Å². The molecule has 31 heavy (non-hydrogen) atoms. The Morgan fingerprint density at radius 2 is 2.00 bits per heavy atom. The van der Waals surface area contributed by atoms with Gasteiger partial charge in [-0.25, -0.2) is 9.78 Å². The molecule has 1 aromatic carbocycles. The Labute approximate surface area is 196 Å². The monoisotopic (exact) mass is 536 g/mol. The zero-order valence-electron chi connectivity index (χ0n) is 18.2. The van der Waals surface area contributed by atoms with Crippen LogP contribution in [0.1, 0.15) is 50.2 Å². The van der Waals surface area contributed by atoms with Gasteiger partial charge in [0.15, 0.2) is 0 Å². The van der Waals surface area contributed by atoms with E-state index in [0.717, 1.165) is 44.7 Å². The predicted octanol–water partition coefficient (Wildman–Crippen LogP) is 3.75. The molecule has 1 amide bonds. The second kappa shape index (κ2) is 8.11. The lowest BCUT2D eigenvalue weighted by molar-refractivity contribution is 0.143. The van der Waals surface area contributed by atoms with Crippen LogP contribution in [0.3, 0.4) is 0 Å². The van der Waals surface area contributed by atoms with Crippen LogP contribution in [0.25, 0.3) is 0 Å². The molecule has 7 nitrogen and oxygen atoms in total. The number of nitrogens with one attached hydrogen (secondary N) is 1. The summed E-state index contributed by atoms with van der Waals surface area (Å²) in [5.41, 5.74) is 2.31. The van der Waals surface area contributed by atoms with Gasteiger partial charge in [0.2, 0.25) is 5.95 Å². The number of amides is 1. The van der Waals surface area contributed by atoms with E-state index in [1.54, 1.807) is 17.8 Å². The standard InChI is InChI=1S/C23H29IN4O3/c1-22(2,26-21(30)31)13-17-16-7-5-4-6-15(16)12-23(17)8-10-28(11-9-23)20-25-14-18(24)19(29)27(20)3/h4-7,14,17,26H,8-13H2,1-3H3,(H,30,31)/t17-/m1/s1. The first-order valence-electron chi connectivity index (χ1n) is 10.7. The molecule has 8 heteroatoms. The van der Waals surface area contributed by atoms with Gasteiger partial charge in [-0.1, -0.05) is 24.3 Å². The van der Waals surface area contributed by atoms with Crippen LogP contribution in [0.5, 0.6) is 0 Å². The van der Waals surface area contributed by atoms with Crippen LogP contribution in [0, 0.1) is 8.99 Å². The molecule has 2 N–H and O–H groups in total. The second-order valence-corrected chi connectivity index (χ2v) is 10.7. The van der Waals surface area contributed by atoms with E-state index < -0.39 is 11.6 Å². The van der Waals surface area contributed by atoms with Gasteiger partial charge in [0.05, 0.1) is 3.57 Å². The molecule has 0 unspecified atom stereocenters. The highest BCUT2D eigenvalue weighted by Crippen LogP contribution is 2.56. The minimum absolute atomic E-state index is 0.0153. The molecule has 0 saturated carbocycles. The van der Waals surface area contributed by atoms with E-state index in [1.807, 2.05) is 36.4 Å². The van der Waals surface area contributed by atoms with Crippen LogP contribution >= 0.6 is 22.6 Å². The molecule has 2 heterocycles. The highest BCUT2D eigenvalue weighted by Gasteiger charge is 2.49. The van der Waals surface area contributed by atoms with Gasteiger partial charge in [0.25, 0.3) is 5.56 Å². The summed E-state index contributed by atoms with van der Waals surface area (Å²) in [4.78, 5) is 30.4. The molecule has 1 aromatic heterocycles. The van der Waals surface area contributed by atoms with Gasteiger partial charge in [-0.05, 0) is 84.6 Å². The zero-order valence-corrected chi connectivity index (χ0v) is 20.3. The lowest BCUT2D eigenvalue weighted by Crippen LogP contribution is -2.48. The number of carbonyl (C=O) groups is 1. The number of aromatic nitrogens is 2. The van der Waals surface area contributed by atoms with Crippen LogP contribution < -0.4 is 15.8 Å². The molecule has 166 valence electrons. The number of piperidine rings is 1. The smallest absolute Gasteiger partial charge is 0.405 e. The van der Waals surface area contributed by atoms with E-state index in [9.17, 15) is 14.7 Å². The van der Waals surface area contributed by atoms with E-state index in [-0.39, 0.29) is 11.0 Å². The maximum Gasteiger partial charge on any atom is 0.405 e. The van der Waals surface area contributed by atoms with Crippen molar-refractivity contribution in [2.24, 2.45) is 12.5 Å². The van der Waals surface area contributed by atoms with Gasteiger partial charge in [-0.3, -0.25) is 9.36 Å². The van der Waals surface area contributed by atoms with Crippen LogP contribution in [-0.2, 0) is 13.5 Å². The van der Waals surface area contributed by atoms with Crippen molar-refractivity contribution in [3.05, 3.63) is 55.5 Å². The van der Waals surface area contributed by atoms with Crippen molar-refractivity contribution in [2.45, 2.75) is 51.0 Å². The van der Waals surface area contributed by atoms with Gasteiger partial charge in [-0.15, -0.1) is 0 Å². The van der Waals surface area contributed by atoms with E-state index in [4.69, 9.17) is 0 Å². The lowest BCUT2D eigenvalue weighted by Gasteiger charge is -2.45. The molecule has 0 radical (unpaired) electrons. The first kappa shape index (κ1) is 22.1. The van der Waals surface area contributed by atoms with E-state index in [0.29, 0.717) is 9.49 Å². The zero-order chi connectivity index (χ0) is 22.4. The molecule has 1 atom stereocenters. The maximum atomic E-state index is 12.4. The van der Waals surface area contributed by atoms with Crippen molar-refractivity contribution in [1.29, 1.82) is 0 Å². The largest absolute Gasteiger partial charge is 0.465 e.